The number of hydrogen-bond donors (Lipinski definition) is 0. The van der Waals surface area contributed by atoms with Gasteiger partial charge in [-0.15, -0.1) is 0 Å². The lowest BCUT2D eigenvalue weighted by atomic mass is 10.1. The van der Waals surface area contributed by atoms with Crippen molar-refractivity contribution < 1.29 is 19.0 Å². The molecule has 0 aliphatic carbocycles. The van der Waals surface area contributed by atoms with Gasteiger partial charge in [0.05, 0.1) is 24.2 Å². The molecule has 0 amide bonds. The van der Waals surface area contributed by atoms with Gasteiger partial charge < -0.3 is 14.2 Å². The first-order valence-electron chi connectivity index (χ1n) is 9.09. The van der Waals surface area contributed by atoms with E-state index in [1.54, 1.807) is 12.3 Å². The third kappa shape index (κ3) is 2.78. The average Bonchev–Trinajstić information content (AvgIpc) is 3.49. The van der Waals surface area contributed by atoms with Crippen LogP contribution in [-0.4, -0.2) is 44.3 Å². The van der Waals surface area contributed by atoms with Crippen molar-refractivity contribution in [1.82, 2.24) is 24.4 Å². The maximum atomic E-state index is 12.4. The van der Waals surface area contributed by atoms with Gasteiger partial charge in [0.2, 0.25) is 6.79 Å². The normalized spacial score (nSPS) is 12.5. The Labute approximate surface area is 165 Å². The van der Waals surface area contributed by atoms with E-state index in [0.29, 0.717) is 35.1 Å². The zero-order valence-electron chi connectivity index (χ0n) is 15.8. The molecule has 1 aliphatic heterocycles. The summed E-state index contributed by atoms with van der Waals surface area (Å²) in [5, 5.41) is 8.86. The van der Waals surface area contributed by atoms with Crippen LogP contribution in [0.4, 0.5) is 0 Å². The Bertz CT molecular complexity index is 1240. The van der Waals surface area contributed by atoms with Crippen molar-refractivity contribution in [1.29, 1.82) is 0 Å². The van der Waals surface area contributed by atoms with Gasteiger partial charge in [-0.25, -0.2) is 14.3 Å². The Balaban J connectivity index is 1.69. The average molecular weight is 391 g/mol. The molecule has 0 saturated heterocycles. The van der Waals surface area contributed by atoms with Crippen LogP contribution in [0.3, 0.4) is 0 Å². The van der Waals surface area contributed by atoms with Crippen molar-refractivity contribution in [3.05, 3.63) is 48.3 Å². The van der Waals surface area contributed by atoms with E-state index in [4.69, 9.17) is 19.2 Å². The summed E-state index contributed by atoms with van der Waals surface area (Å²) in [5.74, 6) is 0.857. The van der Waals surface area contributed by atoms with Crippen molar-refractivity contribution in [3.8, 4) is 34.1 Å². The largest absolute Gasteiger partial charge is 0.464 e. The monoisotopic (exact) mass is 391 g/mol. The molecule has 0 spiro atoms. The van der Waals surface area contributed by atoms with Gasteiger partial charge in [-0.1, -0.05) is 0 Å². The van der Waals surface area contributed by atoms with E-state index in [1.807, 2.05) is 41.9 Å². The van der Waals surface area contributed by atoms with E-state index in [0.717, 1.165) is 11.3 Å². The molecule has 0 saturated carbocycles. The highest BCUT2D eigenvalue weighted by Gasteiger charge is 2.20. The van der Waals surface area contributed by atoms with Gasteiger partial charge in [-0.3, -0.25) is 4.68 Å². The third-order valence-electron chi connectivity index (χ3n) is 4.77. The Hall–Kier alpha value is -3.88. The van der Waals surface area contributed by atoms with Gasteiger partial charge in [0, 0.05) is 24.4 Å². The highest BCUT2D eigenvalue weighted by Crippen LogP contribution is 2.36. The number of aryl methyl sites for hydroxylation is 1. The number of fused-ring (bicyclic) bond motifs is 2. The van der Waals surface area contributed by atoms with Crippen molar-refractivity contribution in [2.24, 2.45) is 0 Å². The second-order valence-electron chi connectivity index (χ2n) is 6.42. The molecular weight excluding hydrogens is 374 g/mol. The zero-order valence-corrected chi connectivity index (χ0v) is 15.8. The number of carbonyl (C=O) groups is 1. The lowest BCUT2D eigenvalue weighted by molar-refractivity contribution is 0.0590. The number of rotatable bonds is 4. The summed E-state index contributed by atoms with van der Waals surface area (Å²) in [7, 11) is 1.34. The summed E-state index contributed by atoms with van der Waals surface area (Å²) in [6.45, 7) is 2.88. The minimum absolute atomic E-state index is 0.201. The number of hydrogen-bond acceptors (Lipinski definition) is 7. The summed E-state index contributed by atoms with van der Waals surface area (Å²) >= 11 is 0. The first kappa shape index (κ1) is 17.2. The Kier molecular flexibility index (Phi) is 3.94. The number of esters is 1. The van der Waals surface area contributed by atoms with E-state index in [-0.39, 0.29) is 12.5 Å². The highest BCUT2D eigenvalue weighted by atomic mass is 16.7. The molecule has 4 aromatic rings. The molecule has 0 atom stereocenters. The molecule has 0 N–H and O–H groups in total. The molecule has 146 valence electrons. The smallest absolute Gasteiger partial charge is 0.356 e. The molecular formula is C20H17N5O4. The maximum absolute atomic E-state index is 12.4. The predicted octanol–water partition coefficient (Wildman–Crippen LogP) is 2.80. The van der Waals surface area contributed by atoms with Crippen LogP contribution in [-0.2, 0) is 11.3 Å². The van der Waals surface area contributed by atoms with E-state index < -0.39 is 5.97 Å². The quantitative estimate of drug-likeness (QED) is 0.494. The molecule has 0 radical (unpaired) electrons. The molecule has 4 heterocycles. The Morgan fingerprint density at radius 3 is 2.83 bits per heavy atom. The fraction of sp³-hybridized carbons (Fsp3) is 0.200. The lowest BCUT2D eigenvalue weighted by Crippen LogP contribution is -2.11. The minimum atomic E-state index is -0.499. The molecule has 1 aromatic carbocycles. The van der Waals surface area contributed by atoms with Gasteiger partial charge in [0.1, 0.15) is 0 Å². The van der Waals surface area contributed by atoms with Gasteiger partial charge >= 0.3 is 5.97 Å². The van der Waals surface area contributed by atoms with Crippen LogP contribution in [0.5, 0.6) is 11.5 Å². The second kappa shape index (κ2) is 6.62. The summed E-state index contributed by atoms with van der Waals surface area (Å²) in [6, 6.07) is 10.9. The van der Waals surface area contributed by atoms with Crippen molar-refractivity contribution in [2.45, 2.75) is 13.5 Å². The molecule has 0 bridgehead atoms. The molecule has 29 heavy (non-hydrogen) atoms. The van der Waals surface area contributed by atoms with Crippen molar-refractivity contribution in [3.63, 3.8) is 0 Å². The number of nitrogens with zero attached hydrogens (tertiary/aromatic N) is 5. The zero-order chi connectivity index (χ0) is 20.0. The van der Waals surface area contributed by atoms with Gasteiger partial charge in [-0.2, -0.15) is 10.2 Å². The summed E-state index contributed by atoms with van der Waals surface area (Å²) in [5.41, 5.74) is 3.72. The highest BCUT2D eigenvalue weighted by molar-refractivity contribution is 5.89. The number of carbonyl (C=O) groups excluding carboxylic acids is 1. The van der Waals surface area contributed by atoms with Crippen molar-refractivity contribution in [2.75, 3.05) is 13.9 Å². The SMILES string of the molecule is CCn1nccc1-c1cc(C(=O)OC)n2nc(-c3ccc4c(c3)OCO4)cc2n1. The Morgan fingerprint density at radius 2 is 2.00 bits per heavy atom. The standard InChI is InChI=1S/C20H17N5O4/c1-3-24-15(6-7-21-24)14-9-16(20(26)27-2)25-19(22-14)10-13(23-25)12-4-5-17-18(8-12)29-11-28-17/h4-10H,3,11H2,1-2H3. The van der Waals surface area contributed by atoms with Crippen LogP contribution in [0.25, 0.3) is 28.3 Å². The molecule has 0 fully saturated rings. The number of aromatic nitrogens is 5. The van der Waals surface area contributed by atoms with Crippen LogP contribution in [0, 0.1) is 0 Å². The molecule has 3 aromatic heterocycles. The third-order valence-corrected chi connectivity index (χ3v) is 4.77. The van der Waals surface area contributed by atoms with E-state index in [9.17, 15) is 4.79 Å². The van der Waals surface area contributed by atoms with Crippen LogP contribution in [0.2, 0.25) is 0 Å². The van der Waals surface area contributed by atoms with Gasteiger partial charge in [-0.05, 0) is 37.3 Å². The number of benzene rings is 1. The van der Waals surface area contributed by atoms with Crippen LogP contribution in [0.15, 0.2) is 42.6 Å². The van der Waals surface area contributed by atoms with Crippen LogP contribution < -0.4 is 9.47 Å². The van der Waals surface area contributed by atoms with Gasteiger partial charge in [0.15, 0.2) is 22.8 Å². The number of ether oxygens (including phenoxy) is 3. The molecule has 9 nitrogen and oxygen atoms in total. The minimum Gasteiger partial charge on any atom is -0.464 e. The number of methoxy groups -OCH3 is 1. The summed E-state index contributed by atoms with van der Waals surface area (Å²) < 4.78 is 19.1. The summed E-state index contributed by atoms with van der Waals surface area (Å²) in [4.78, 5) is 17.1. The van der Waals surface area contributed by atoms with Gasteiger partial charge in [0.25, 0.3) is 0 Å². The topological polar surface area (TPSA) is 92.8 Å². The fourth-order valence-electron chi connectivity index (χ4n) is 3.35. The predicted molar refractivity (Wildman–Crippen MR) is 103 cm³/mol. The first-order chi connectivity index (χ1) is 14.2. The second-order valence-corrected chi connectivity index (χ2v) is 6.42. The molecule has 5 rings (SSSR count). The van der Waals surface area contributed by atoms with E-state index >= 15 is 0 Å². The molecule has 0 unspecified atom stereocenters. The van der Waals surface area contributed by atoms with Crippen LogP contribution >= 0.6 is 0 Å². The molecule has 1 aliphatic rings. The van der Waals surface area contributed by atoms with Crippen molar-refractivity contribution >= 4 is 11.6 Å². The Morgan fingerprint density at radius 1 is 1.14 bits per heavy atom. The van der Waals surface area contributed by atoms with E-state index in [1.165, 1.54) is 11.6 Å². The fourth-order valence-corrected chi connectivity index (χ4v) is 3.35. The molecule has 9 heteroatoms. The van der Waals surface area contributed by atoms with Crippen LogP contribution in [0.1, 0.15) is 17.4 Å². The van der Waals surface area contributed by atoms with E-state index in [2.05, 4.69) is 10.2 Å². The maximum Gasteiger partial charge on any atom is 0.356 e. The summed E-state index contributed by atoms with van der Waals surface area (Å²) in [6.07, 6.45) is 1.71. The lowest BCUT2D eigenvalue weighted by Gasteiger charge is -2.08. The first-order valence-corrected chi connectivity index (χ1v) is 9.09.